The minimum Gasteiger partial charge on any atom is -0.382 e. The van der Waals surface area contributed by atoms with Crippen molar-refractivity contribution in [1.82, 2.24) is 4.90 Å². The van der Waals surface area contributed by atoms with Crippen molar-refractivity contribution < 1.29 is 18.7 Å². The molecule has 0 aromatic heterocycles. The molecule has 0 saturated carbocycles. The minimum absolute atomic E-state index is 0.00436. The smallest absolute Gasteiger partial charge is 0.254 e. The lowest BCUT2D eigenvalue weighted by atomic mass is 9.76. The lowest BCUT2D eigenvalue weighted by Gasteiger charge is -2.38. The highest BCUT2D eigenvalue weighted by Gasteiger charge is 2.43. The summed E-state index contributed by atoms with van der Waals surface area (Å²) < 4.78 is 24.2. The van der Waals surface area contributed by atoms with Crippen molar-refractivity contribution in [2.75, 3.05) is 33.4 Å². The van der Waals surface area contributed by atoms with Crippen molar-refractivity contribution in [3.63, 3.8) is 0 Å². The van der Waals surface area contributed by atoms with Crippen LogP contribution in [0.1, 0.15) is 35.2 Å². The summed E-state index contributed by atoms with van der Waals surface area (Å²) >= 11 is 0. The third-order valence-corrected chi connectivity index (χ3v) is 5.17. The van der Waals surface area contributed by atoms with E-state index >= 15 is 0 Å². The number of halogens is 1. The Hall–Kier alpha value is -1.46. The second kappa shape index (κ2) is 6.57. The third kappa shape index (κ3) is 3.40. The van der Waals surface area contributed by atoms with Crippen LogP contribution in [-0.2, 0) is 9.47 Å². The van der Waals surface area contributed by atoms with Crippen LogP contribution in [0.3, 0.4) is 0 Å². The minimum atomic E-state index is -0.302. The standard InChI is InChI=1S/C18H24FNO3/c1-13-9-14(19)3-4-16(13)17(21)20-7-5-18(6-8-20)10-15(11-22-2)23-12-18/h3-4,9,15H,5-8,10-12H2,1-2H3/t15-/m1/s1. The second-order valence-electron chi connectivity index (χ2n) is 6.84. The van der Waals surface area contributed by atoms with E-state index in [0.717, 1.165) is 39.0 Å². The van der Waals surface area contributed by atoms with E-state index in [-0.39, 0.29) is 23.2 Å². The van der Waals surface area contributed by atoms with Crippen LogP contribution in [0.5, 0.6) is 0 Å². The number of aryl methyl sites for hydroxylation is 1. The molecule has 5 heteroatoms. The maximum Gasteiger partial charge on any atom is 0.254 e. The predicted octanol–water partition coefficient (Wildman–Crippen LogP) is 2.79. The Morgan fingerprint density at radius 3 is 2.83 bits per heavy atom. The van der Waals surface area contributed by atoms with E-state index in [0.29, 0.717) is 17.7 Å². The van der Waals surface area contributed by atoms with E-state index in [1.165, 1.54) is 12.1 Å². The fourth-order valence-corrected chi connectivity index (χ4v) is 3.76. The summed E-state index contributed by atoms with van der Waals surface area (Å²) in [6.07, 6.45) is 3.11. The van der Waals surface area contributed by atoms with Gasteiger partial charge in [-0.2, -0.15) is 0 Å². The summed E-state index contributed by atoms with van der Waals surface area (Å²) in [6, 6.07) is 4.36. The van der Waals surface area contributed by atoms with Crippen LogP contribution < -0.4 is 0 Å². The van der Waals surface area contributed by atoms with Crippen LogP contribution in [0, 0.1) is 18.2 Å². The molecular weight excluding hydrogens is 297 g/mol. The Labute approximate surface area is 136 Å². The molecule has 3 rings (SSSR count). The van der Waals surface area contributed by atoms with Crippen LogP contribution in [0.4, 0.5) is 4.39 Å². The number of hydrogen-bond donors (Lipinski definition) is 0. The summed E-state index contributed by atoms with van der Waals surface area (Å²) in [5, 5.41) is 0. The molecule has 2 aliphatic heterocycles. The predicted molar refractivity (Wildman–Crippen MR) is 84.9 cm³/mol. The average molecular weight is 321 g/mol. The number of carbonyl (C=O) groups excluding carboxylic acids is 1. The second-order valence-corrected chi connectivity index (χ2v) is 6.84. The van der Waals surface area contributed by atoms with Gasteiger partial charge in [-0.1, -0.05) is 0 Å². The first-order chi connectivity index (χ1) is 11.0. The molecule has 0 unspecified atom stereocenters. The molecule has 0 bridgehead atoms. The summed E-state index contributed by atoms with van der Waals surface area (Å²) in [6.45, 7) is 4.65. The summed E-state index contributed by atoms with van der Waals surface area (Å²) in [5.41, 5.74) is 1.49. The fourth-order valence-electron chi connectivity index (χ4n) is 3.76. The van der Waals surface area contributed by atoms with Gasteiger partial charge in [-0.05, 0) is 55.4 Å². The van der Waals surface area contributed by atoms with Gasteiger partial charge < -0.3 is 14.4 Å². The van der Waals surface area contributed by atoms with E-state index in [1.54, 1.807) is 20.1 Å². The van der Waals surface area contributed by atoms with Crippen molar-refractivity contribution >= 4 is 5.91 Å². The zero-order valence-corrected chi connectivity index (χ0v) is 13.8. The number of benzene rings is 1. The quantitative estimate of drug-likeness (QED) is 0.859. The van der Waals surface area contributed by atoms with Gasteiger partial charge in [-0.25, -0.2) is 4.39 Å². The van der Waals surface area contributed by atoms with Gasteiger partial charge in [0.1, 0.15) is 5.82 Å². The average Bonchev–Trinajstić information content (AvgIpc) is 2.90. The van der Waals surface area contributed by atoms with Crippen molar-refractivity contribution in [2.24, 2.45) is 5.41 Å². The molecule has 23 heavy (non-hydrogen) atoms. The molecule has 0 N–H and O–H groups in total. The highest BCUT2D eigenvalue weighted by Crippen LogP contribution is 2.42. The Kier molecular flexibility index (Phi) is 4.69. The number of carbonyl (C=O) groups is 1. The highest BCUT2D eigenvalue weighted by molar-refractivity contribution is 5.95. The number of hydrogen-bond acceptors (Lipinski definition) is 3. The molecule has 2 heterocycles. The zero-order chi connectivity index (χ0) is 16.4. The molecule has 0 aliphatic carbocycles. The van der Waals surface area contributed by atoms with Gasteiger partial charge >= 0.3 is 0 Å². The first-order valence-electron chi connectivity index (χ1n) is 8.19. The maximum atomic E-state index is 13.2. The van der Waals surface area contributed by atoms with Gasteiger partial charge in [-0.15, -0.1) is 0 Å². The fraction of sp³-hybridized carbons (Fsp3) is 0.611. The molecule has 4 nitrogen and oxygen atoms in total. The van der Waals surface area contributed by atoms with Crippen molar-refractivity contribution in [2.45, 2.75) is 32.3 Å². The van der Waals surface area contributed by atoms with E-state index in [9.17, 15) is 9.18 Å². The Morgan fingerprint density at radius 1 is 1.43 bits per heavy atom. The van der Waals surface area contributed by atoms with Crippen molar-refractivity contribution in [3.8, 4) is 0 Å². The van der Waals surface area contributed by atoms with Gasteiger partial charge in [-0.3, -0.25) is 4.79 Å². The highest BCUT2D eigenvalue weighted by atomic mass is 19.1. The molecule has 1 aromatic rings. The number of ether oxygens (including phenoxy) is 2. The summed E-state index contributed by atoms with van der Waals surface area (Å²) in [7, 11) is 1.70. The molecule has 2 aliphatic rings. The number of likely N-dealkylation sites (tertiary alicyclic amines) is 1. The summed E-state index contributed by atoms with van der Waals surface area (Å²) in [5.74, 6) is -0.298. The molecular formula is C18H24FNO3. The molecule has 2 fully saturated rings. The molecule has 2 saturated heterocycles. The van der Waals surface area contributed by atoms with Crippen LogP contribution in [0.2, 0.25) is 0 Å². The summed E-state index contributed by atoms with van der Waals surface area (Å²) in [4.78, 5) is 14.5. The van der Waals surface area contributed by atoms with E-state index in [1.807, 2.05) is 4.90 Å². The van der Waals surface area contributed by atoms with Gasteiger partial charge in [0.2, 0.25) is 0 Å². The van der Waals surface area contributed by atoms with E-state index in [4.69, 9.17) is 9.47 Å². The third-order valence-electron chi connectivity index (χ3n) is 5.17. The van der Waals surface area contributed by atoms with Crippen LogP contribution >= 0.6 is 0 Å². The van der Waals surface area contributed by atoms with Crippen LogP contribution in [0.15, 0.2) is 18.2 Å². The first-order valence-corrected chi connectivity index (χ1v) is 8.19. The molecule has 1 spiro atoms. The molecule has 1 amide bonds. The van der Waals surface area contributed by atoms with Crippen LogP contribution in [-0.4, -0.2) is 50.3 Å². The van der Waals surface area contributed by atoms with Crippen LogP contribution in [0.25, 0.3) is 0 Å². The zero-order valence-electron chi connectivity index (χ0n) is 13.8. The van der Waals surface area contributed by atoms with Gasteiger partial charge in [0, 0.05) is 25.8 Å². The number of methoxy groups -OCH3 is 1. The van der Waals surface area contributed by atoms with E-state index in [2.05, 4.69) is 0 Å². The lowest BCUT2D eigenvalue weighted by Crippen LogP contribution is -2.43. The van der Waals surface area contributed by atoms with Gasteiger partial charge in [0.25, 0.3) is 5.91 Å². The lowest BCUT2D eigenvalue weighted by molar-refractivity contribution is 0.0281. The number of rotatable bonds is 3. The Morgan fingerprint density at radius 2 is 2.17 bits per heavy atom. The first kappa shape index (κ1) is 16.4. The molecule has 1 aromatic carbocycles. The molecule has 1 atom stereocenters. The topological polar surface area (TPSA) is 38.8 Å². The van der Waals surface area contributed by atoms with Crippen molar-refractivity contribution in [1.29, 1.82) is 0 Å². The normalized spacial score (nSPS) is 23.4. The van der Waals surface area contributed by atoms with Crippen molar-refractivity contribution in [3.05, 3.63) is 35.1 Å². The molecule has 0 radical (unpaired) electrons. The maximum absolute atomic E-state index is 13.2. The number of nitrogens with zero attached hydrogens (tertiary/aromatic N) is 1. The largest absolute Gasteiger partial charge is 0.382 e. The van der Waals surface area contributed by atoms with E-state index < -0.39 is 0 Å². The van der Waals surface area contributed by atoms with Gasteiger partial charge in [0.05, 0.1) is 19.3 Å². The van der Waals surface area contributed by atoms with Gasteiger partial charge in [0.15, 0.2) is 0 Å². The monoisotopic (exact) mass is 321 g/mol. The number of piperidine rings is 1. The Bertz CT molecular complexity index is 582. The molecule has 126 valence electrons. The number of amides is 1. The SMILES string of the molecule is COC[C@H]1CC2(CCN(C(=O)c3ccc(F)cc3C)CC2)CO1. The Balaban J connectivity index is 1.62.